The van der Waals surface area contributed by atoms with Crippen molar-refractivity contribution in [3.05, 3.63) is 71.2 Å². The first kappa shape index (κ1) is 21.5. The summed E-state index contributed by atoms with van der Waals surface area (Å²) in [6.45, 7) is 5.63. The van der Waals surface area contributed by atoms with E-state index in [4.69, 9.17) is 11.6 Å². The molecule has 1 saturated heterocycles. The molecular weight excluding hydrogens is 430 g/mol. The van der Waals surface area contributed by atoms with E-state index in [2.05, 4.69) is 49.6 Å². The van der Waals surface area contributed by atoms with Crippen molar-refractivity contribution < 1.29 is 4.79 Å². The molecule has 1 aliphatic heterocycles. The van der Waals surface area contributed by atoms with Crippen LogP contribution in [0.5, 0.6) is 0 Å². The molecule has 0 aliphatic carbocycles. The molecule has 0 bridgehead atoms. The Morgan fingerprint density at radius 1 is 1.00 bits per heavy atom. The van der Waals surface area contributed by atoms with Crippen molar-refractivity contribution in [2.75, 3.05) is 47.0 Å². The van der Waals surface area contributed by atoms with Crippen LogP contribution in [-0.4, -0.2) is 48.0 Å². The molecule has 1 amide bonds. The molecule has 1 aromatic heterocycles. The average molecular weight is 454 g/mol. The molecule has 2 heterocycles. The SMILES string of the molecule is Cc1ccc(NC(=O)CSc2ccc(N3CCN(c4ccccc4)CC3)nn2)cc1Cl. The Morgan fingerprint density at radius 3 is 2.42 bits per heavy atom. The smallest absolute Gasteiger partial charge is 0.234 e. The Hall–Kier alpha value is -2.77. The molecule has 1 N–H and O–H groups in total. The number of amides is 1. The largest absolute Gasteiger partial charge is 0.368 e. The summed E-state index contributed by atoms with van der Waals surface area (Å²) in [5.41, 5.74) is 2.93. The molecule has 0 atom stereocenters. The van der Waals surface area contributed by atoms with Crippen molar-refractivity contribution in [3.8, 4) is 0 Å². The van der Waals surface area contributed by atoms with E-state index in [0.29, 0.717) is 10.7 Å². The van der Waals surface area contributed by atoms with Gasteiger partial charge in [-0.15, -0.1) is 10.2 Å². The molecule has 4 rings (SSSR count). The summed E-state index contributed by atoms with van der Waals surface area (Å²) < 4.78 is 0. The second-order valence-corrected chi connectivity index (χ2v) is 8.74. The summed E-state index contributed by atoms with van der Waals surface area (Å²) in [6, 6.07) is 19.8. The minimum Gasteiger partial charge on any atom is -0.368 e. The Balaban J connectivity index is 1.25. The van der Waals surface area contributed by atoms with Crippen LogP contribution >= 0.6 is 23.4 Å². The Kier molecular flexibility index (Phi) is 6.94. The maximum atomic E-state index is 12.2. The fourth-order valence-corrected chi connectivity index (χ4v) is 4.19. The lowest BCUT2D eigenvalue weighted by Gasteiger charge is -2.36. The Bertz CT molecular complexity index is 1020. The first-order valence-corrected chi connectivity index (χ1v) is 11.5. The zero-order chi connectivity index (χ0) is 21.6. The van der Waals surface area contributed by atoms with Gasteiger partial charge in [-0.1, -0.05) is 47.6 Å². The van der Waals surface area contributed by atoms with E-state index < -0.39 is 0 Å². The van der Waals surface area contributed by atoms with E-state index in [1.165, 1.54) is 17.4 Å². The zero-order valence-electron chi connectivity index (χ0n) is 17.3. The van der Waals surface area contributed by atoms with Crippen LogP contribution in [-0.2, 0) is 4.79 Å². The standard InChI is InChI=1S/C23H24ClN5OS/c1-17-7-8-18(15-20(17)24)25-22(30)16-31-23-10-9-21(26-27-23)29-13-11-28(12-14-29)19-5-3-2-4-6-19/h2-10,15H,11-14,16H2,1H3,(H,25,30). The van der Waals surface area contributed by atoms with Gasteiger partial charge in [0.15, 0.2) is 5.82 Å². The lowest BCUT2D eigenvalue weighted by atomic mass is 10.2. The van der Waals surface area contributed by atoms with E-state index >= 15 is 0 Å². The highest BCUT2D eigenvalue weighted by Gasteiger charge is 2.18. The number of rotatable bonds is 6. The summed E-state index contributed by atoms with van der Waals surface area (Å²) in [5, 5.41) is 12.9. The predicted octanol–water partition coefficient (Wildman–Crippen LogP) is 4.50. The van der Waals surface area contributed by atoms with Gasteiger partial charge in [0.2, 0.25) is 5.91 Å². The number of thioether (sulfide) groups is 1. The highest BCUT2D eigenvalue weighted by Crippen LogP contribution is 2.22. The van der Waals surface area contributed by atoms with E-state index in [-0.39, 0.29) is 11.7 Å². The highest BCUT2D eigenvalue weighted by molar-refractivity contribution is 7.99. The van der Waals surface area contributed by atoms with Crippen molar-refractivity contribution in [1.82, 2.24) is 10.2 Å². The van der Waals surface area contributed by atoms with Gasteiger partial charge in [-0.2, -0.15) is 0 Å². The van der Waals surface area contributed by atoms with Crippen molar-refractivity contribution >= 4 is 46.5 Å². The molecule has 8 heteroatoms. The van der Waals surface area contributed by atoms with Gasteiger partial charge in [0.05, 0.1) is 5.75 Å². The van der Waals surface area contributed by atoms with Crippen LogP contribution in [0.25, 0.3) is 0 Å². The maximum absolute atomic E-state index is 12.2. The molecule has 0 unspecified atom stereocenters. The van der Waals surface area contributed by atoms with Crippen LogP contribution in [0, 0.1) is 6.92 Å². The molecule has 0 saturated carbocycles. The molecule has 1 fully saturated rings. The van der Waals surface area contributed by atoms with Gasteiger partial charge < -0.3 is 15.1 Å². The van der Waals surface area contributed by atoms with Crippen molar-refractivity contribution in [2.24, 2.45) is 0 Å². The fraction of sp³-hybridized carbons (Fsp3) is 0.261. The third-order valence-corrected chi connectivity index (χ3v) is 6.48. The number of carbonyl (C=O) groups excluding carboxylic acids is 1. The van der Waals surface area contributed by atoms with Crippen LogP contribution in [0.2, 0.25) is 5.02 Å². The monoisotopic (exact) mass is 453 g/mol. The highest BCUT2D eigenvalue weighted by atomic mass is 35.5. The van der Waals surface area contributed by atoms with Gasteiger partial charge in [-0.25, -0.2) is 0 Å². The van der Waals surface area contributed by atoms with Gasteiger partial charge >= 0.3 is 0 Å². The quantitative estimate of drug-likeness (QED) is 0.554. The van der Waals surface area contributed by atoms with E-state index in [0.717, 1.165) is 42.6 Å². The Labute approximate surface area is 191 Å². The number of halogens is 1. The second-order valence-electron chi connectivity index (χ2n) is 7.34. The lowest BCUT2D eigenvalue weighted by molar-refractivity contribution is -0.113. The minimum absolute atomic E-state index is 0.104. The van der Waals surface area contributed by atoms with Crippen molar-refractivity contribution in [1.29, 1.82) is 0 Å². The van der Waals surface area contributed by atoms with Gasteiger partial charge in [0.1, 0.15) is 5.03 Å². The number of piperazine rings is 1. The lowest BCUT2D eigenvalue weighted by Crippen LogP contribution is -2.46. The molecule has 31 heavy (non-hydrogen) atoms. The van der Waals surface area contributed by atoms with Crippen LogP contribution in [0.1, 0.15) is 5.56 Å². The van der Waals surface area contributed by atoms with E-state index in [9.17, 15) is 4.79 Å². The number of hydrogen-bond acceptors (Lipinski definition) is 6. The molecule has 0 radical (unpaired) electrons. The summed E-state index contributed by atoms with van der Waals surface area (Å²) in [5.74, 6) is 1.03. The van der Waals surface area contributed by atoms with Crippen LogP contribution in [0.3, 0.4) is 0 Å². The fourth-order valence-electron chi connectivity index (χ4n) is 3.40. The minimum atomic E-state index is -0.104. The first-order valence-electron chi connectivity index (χ1n) is 10.2. The Morgan fingerprint density at radius 2 is 1.74 bits per heavy atom. The number of benzene rings is 2. The predicted molar refractivity (Wildman–Crippen MR) is 128 cm³/mol. The molecule has 1 aliphatic rings. The number of hydrogen-bond donors (Lipinski definition) is 1. The third kappa shape index (κ3) is 5.68. The molecular formula is C23H24ClN5OS. The zero-order valence-corrected chi connectivity index (χ0v) is 18.9. The van der Waals surface area contributed by atoms with E-state index in [1.54, 1.807) is 6.07 Å². The van der Waals surface area contributed by atoms with Gasteiger partial charge in [-0.3, -0.25) is 4.79 Å². The van der Waals surface area contributed by atoms with Gasteiger partial charge in [0, 0.05) is 42.6 Å². The molecule has 3 aromatic rings. The number of nitrogens with zero attached hydrogens (tertiary/aromatic N) is 4. The normalized spacial score (nSPS) is 13.9. The number of carbonyl (C=O) groups is 1. The summed E-state index contributed by atoms with van der Waals surface area (Å²) in [7, 11) is 0. The number of anilines is 3. The first-order chi connectivity index (χ1) is 15.1. The van der Waals surface area contributed by atoms with Crippen LogP contribution < -0.4 is 15.1 Å². The molecule has 2 aromatic carbocycles. The average Bonchev–Trinajstić information content (AvgIpc) is 2.81. The van der Waals surface area contributed by atoms with Crippen LogP contribution in [0.4, 0.5) is 17.2 Å². The topological polar surface area (TPSA) is 61.4 Å². The van der Waals surface area contributed by atoms with Gasteiger partial charge in [-0.05, 0) is 48.9 Å². The summed E-state index contributed by atoms with van der Waals surface area (Å²) in [4.78, 5) is 16.8. The van der Waals surface area contributed by atoms with E-state index in [1.807, 2.05) is 37.3 Å². The maximum Gasteiger partial charge on any atom is 0.234 e. The number of aromatic nitrogens is 2. The molecule has 0 spiro atoms. The second kappa shape index (κ2) is 10.0. The number of nitrogens with one attached hydrogen (secondary N) is 1. The number of aryl methyl sites for hydroxylation is 1. The molecule has 160 valence electrons. The van der Waals surface area contributed by atoms with Gasteiger partial charge in [0.25, 0.3) is 0 Å². The van der Waals surface area contributed by atoms with Crippen LogP contribution in [0.15, 0.2) is 65.7 Å². The third-order valence-electron chi connectivity index (χ3n) is 5.16. The summed E-state index contributed by atoms with van der Waals surface area (Å²) in [6.07, 6.45) is 0. The van der Waals surface area contributed by atoms with Crippen molar-refractivity contribution in [2.45, 2.75) is 11.9 Å². The number of para-hydroxylation sites is 1. The van der Waals surface area contributed by atoms with Crippen molar-refractivity contribution in [3.63, 3.8) is 0 Å². The molecule has 6 nitrogen and oxygen atoms in total. The summed E-state index contributed by atoms with van der Waals surface area (Å²) >= 11 is 7.47.